The summed E-state index contributed by atoms with van der Waals surface area (Å²) in [7, 11) is 0. The molecule has 0 aliphatic carbocycles. The van der Waals surface area contributed by atoms with Gasteiger partial charge in [0.15, 0.2) is 5.78 Å². The molecular weight excluding hydrogens is 162 g/mol. The van der Waals surface area contributed by atoms with E-state index in [-0.39, 0.29) is 11.3 Å². The number of benzene rings is 1. The highest BCUT2D eigenvalue weighted by Gasteiger charge is 2.07. The van der Waals surface area contributed by atoms with Crippen molar-refractivity contribution >= 4 is 5.78 Å². The molecule has 0 aliphatic heterocycles. The predicted molar refractivity (Wildman–Crippen MR) is 41.2 cm³/mol. The van der Waals surface area contributed by atoms with Gasteiger partial charge >= 0.3 is 0 Å². The van der Waals surface area contributed by atoms with Crippen molar-refractivity contribution in [3.8, 4) is 0 Å². The Kier molecular flexibility index (Phi) is 2.53. The third-order valence-corrected chi connectivity index (χ3v) is 1.56. The molecule has 0 fully saturated rings. The van der Waals surface area contributed by atoms with E-state index in [1.165, 1.54) is 19.1 Å². The highest BCUT2D eigenvalue weighted by atomic mass is 19.1. The van der Waals surface area contributed by atoms with Gasteiger partial charge in [-0.2, -0.15) is 0 Å². The largest absolute Gasteiger partial charge is 0.294 e. The van der Waals surface area contributed by atoms with Gasteiger partial charge in [-0.05, 0) is 24.6 Å². The van der Waals surface area contributed by atoms with Crippen molar-refractivity contribution in [3.05, 3.63) is 35.1 Å². The molecule has 0 atom stereocenters. The molecule has 0 saturated heterocycles. The SMILES string of the molecule is CC(=O)c1cc(CF)ccc1F. The van der Waals surface area contributed by atoms with Gasteiger partial charge in [0, 0.05) is 0 Å². The number of rotatable bonds is 2. The van der Waals surface area contributed by atoms with Crippen LogP contribution in [0.25, 0.3) is 0 Å². The minimum atomic E-state index is -0.680. The Balaban J connectivity index is 3.17. The van der Waals surface area contributed by atoms with Crippen LogP contribution in [0.5, 0.6) is 0 Å². The standard InChI is InChI=1S/C9H8F2O/c1-6(12)8-4-7(5-10)2-3-9(8)11/h2-4H,5H2,1H3. The molecule has 0 aliphatic rings. The Morgan fingerprint density at radius 1 is 1.50 bits per heavy atom. The molecule has 0 radical (unpaired) electrons. The number of hydrogen-bond acceptors (Lipinski definition) is 1. The summed E-state index contributed by atoms with van der Waals surface area (Å²) in [4.78, 5) is 10.8. The van der Waals surface area contributed by atoms with Crippen LogP contribution in [-0.2, 0) is 6.67 Å². The maximum atomic E-state index is 12.8. The minimum absolute atomic E-state index is 0.0508. The van der Waals surface area contributed by atoms with Crippen molar-refractivity contribution in [2.45, 2.75) is 13.6 Å². The molecule has 0 heterocycles. The highest BCUT2D eigenvalue weighted by molar-refractivity contribution is 5.94. The Morgan fingerprint density at radius 3 is 2.67 bits per heavy atom. The maximum Gasteiger partial charge on any atom is 0.162 e. The van der Waals surface area contributed by atoms with Gasteiger partial charge in [0.25, 0.3) is 0 Å². The minimum Gasteiger partial charge on any atom is -0.294 e. The first-order chi connectivity index (χ1) is 5.65. The summed E-state index contributed by atoms with van der Waals surface area (Å²) < 4.78 is 24.9. The zero-order chi connectivity index (χ0) is 9.14. The first kappa shape index (κ1) is 8.84. The van der Waals surface area contributed by atoms with E-state index in [0.717, 1.165) is 6.07 Å². The van der Waals surface area contributed by atoms with Gasteiger partial charge in [0.2, 0.25) is 0 Å². The van der Waals surface area contributed by atoms with Gasteiger partial charge in [-0.15, -0.1) is 0 Å². The van der Waals surface area contributed by atoms with E-state index in [9.17, 15) is 13.6 Å². The fourth-order valence-electron chi connectivity index (χ4n) is 0.925. The van der Waals surface area contributed by atoms with E-state index < -0.39 is 12.5 Å². The van der Waals surface area contributed by atoms with Crippen molar-refractivity contribution < 1.29 is 13.6 Å². The summed E-state index contributed by atoms with van der Waals surface area (Å²) in [5.41, 5.74) is 0.270. The molecule has 1 nitrogen and oxygen atoms in total. The molecule has 0 aromatic heterocycles. The van der Waals surface area contributed by atoms with Gasteiger partial charge in [0.1, 0.15) is 12.5 Å². The second kappa shape index (κ2) is 3.43. The number of hydrogen-bond donors (Lipinski definition) is 0. The topological polar surface area (TPSA) is 17.1 Å². The number of ketones is 1. The van der Waals surface area contributed by atoms with Gasteiger partial charge in [0.05, 0.1) is 5.56 Å². The van der Waals surface area contributed by atoms with E-state index in [4.69, 9.17) is 0 Å². The zero-order valence-corrected chi connectivity index (χ0v) is 6.60. The molecule has 0 amide bonds. The molecule has 0 bridgehead atoms. The summed E-state index contributed by atoms with van der Waals surface area (Å²) >= 11 is 0. The molecule has 1 aromatic carbocycles. The summed E-state index contributed by atoms with van der Waals surface area (Å²) in [5.74, 6) is -0.984. The molecule has 0 N–H and O–H groups in total. The molecule has 12 heavy (non-hydrogen) atoms. The van der Waals surface area contributed by atoms with E-state index in [1.807, 2.05) is 0 Å². The zero-order valence-electron chi connectivity index (χ0n) is 6.60. The second-order valence-electron chi connectivity index (χ2n) is 2.50. The van der Waals surface area contributed by atoms with Gasteiger partial charge in [-0.3, -0.25) is 4.79 Å². The lowest BCUT2D eigenvalue weighted by Crippen LogP contribution is -1.97. The monoisotopic (exact) mass is 170 g/mol. The number of carbonyl (C=O) groups is 1. The third kappa shape index (κ3) is 1.67. The van der Waals surface area contributed by atoms with E-state index >= 15 is 0 Å². The Hall–Kier alpha value is -1.25. The molecule has 3 heteroatoms. The van der Waals surface area contributed by atoms with Crippen LogP contribution in [0, 0.1) is 5.82 Å². The van der Waals surface area contributed by atoms with Crippen LogP contribution in [0.4, 0.5) is 8.78 Å². The fourth-order valence-corrected chi connectivity index (χ4v) is 0.925. The number of halogens is 2. The van der Waals surface area contributed by atoms with Crippen LogP contribution in [0.3, 0.4) is 0 Å². The predicted octanol–water partition coefficient (Wildman–Crippen LogP) is 2.50. The van der Waals surface area contributed by atoms with Crippen LogP contribution < -0.4 is 0 Å². The number of alkyl halides is 1. The van der Waals surface area contributed by atoms with Crippen molar-refractivity contribution in [3.63, 3.8) is 0 Å². The van der Waals surface area contributed by atoms with Crippen LogP contribution in [0.15, 0.2) is 18.2 Å². The third-order valence-electron chi connectivity index (χ3n) is 1.56. The second-order valence-corrected chi connectivity index (χ2v) is 2.50. The van der Waals surface area contributed by atoms with Gasteiger partial charge in [-0.1, -0.05) is 6.07 Å². The molecule has 64 valence electrons. The average molecular weight is 170 g/mol. The molecule has 0 spiro atoms. The molecule has 1 rings (SSSR count). The average Bonchev–Trinajstić information content (AvgIpc) is 2.05. The van der Waals surface area contributed by atoms with Crippen LogP contribution in [-0.4, -0.2) is 5.78 Å². The normalized spacial score (nSPS) is 9.92. The van der Waals surface area contributed by atoms with Crippen LogP contribution in [0.2, 0.25) is 0 Å². The van der Waals surface area contributed by atoms with E-state index in [2.05, 4.69) is 0 Å². The number of Topliss-reactive ketones (excluding diaryl/α,β-unsaturated/α-hetero) is 1. The molecule has 0 saturated carbocycles. The Bertz CT molecular complexity index is 307. The quantitative estimate of drug-likeness (QED) is 0.623. The highest BCUT2D eigenvalue weighted by Crippen LogP contribution is 2.11. The van der Waals surface area contributed by atoms with Crippen molar-refractivity contribution in [2.24, 2.45) is 0 Å². The summed E-state index contributed by atoms with van der Waals surface area (Å²) in [6.07, 6.45) is 0. The lowest BCUT2D eigenvalue weighted by Gasteiger charge is -1.99. The van der Waals surface area contributed by atoms with E-state index in [1.54, 1.807) is 0 Å². The summed E-state index contributed by atoms with van der Waals surface area (Å²) in [6.45, 7) is 0.570. The molecule has 0 unspecified atom stereocenters. The van der Waals surface area contributed by atoms with E-state index in [0.29, 0.717) is 5.56 Å². The number of carbonyl (C=O) groups excluding carboxylic acids is 1. The lowest BCUT2D eigenvalue weighted by atomic mass is 10.1. The molecule has 1 aromatic rings. The smallest absolute Gasteiger partial charge is 0.162 e. The Labute approximate surface area is 69.0 Å². The van der Waals surface area contributed by atoms with Crippen LogP contribution >= 0.6 is 0 Å². The molecular formula is C9H8F2O. The first-order valence-electron chi connectivity index (χ1n) is 3.50. The lowest BCUT2D eigenvalue weighted by molar-refractivity contribution is 0.101. The summed E-state index contributed by atoms with van der Waals surface area (Å²) in [6, 6.07) is 3.66. The fraction of sp³-hybridized carbons (Fsp3) is 0.222. The Morgan fingerprint density at radius 2 is 2.17 bits per heavy atom. The van der Waals surface area contributed by atoms with Crippen LogP contribution in [0.1, 0.15) is 22.8 Å². The van der Waals surface area contributed by atoms with Crippen molar-refractivity contribution in [1.29, 1.82) is 0 Å². The maximum absolute atomic E-state index is 12.8. The first-order valence-corrected chi connectivity index (χ1v) is 3.50. The van der Waals surface area contributed by atoms with Crippen molar-refractivity contribution in [2.75, 3.05) is 0 Å². The van der Waals surface area contributed by atoms with Gasteiger partial charge in [-0.25, -0.2) is 8.78 Å². The summed E-state index contributed by atoms with van der Waals surface area (Å²) in [5, 5.41) is 0. The van der Waals surface area contributed by atoms with Gasteiger partial charge < -0.3 is 0 Å². The van der Waals surface area contributed by atoms with Crippen molar-refractivity contribution in [1.82, 2.24) is 0 Å².